The summed E-state index contributed by atoms with van der Waals surface area (Å²) in [5.74, 6) is 0. The van der Waals surface area contributed by atoms with Gasteiger partial charge in [-0.15, -0.1) is 11.3 Å². The number of pyridine rings is 2. The Hall–Kier alpha value is -5.64. The second-order valence-corrected chi connectivity index (χ2v) is 12.6. The molecule has 3 heteroatoms. The van der Waals surface area contributed by atoms with Crippen LogP contribution in [0.15, 0.2) is 145 Å². The summed E-state index contributed by atoms with van der Waals surface area (Å²) in [6.45, 7) is 0. The van der Waals surface area contributed by atoms with Crippen LogP contribution < -0.4 is 0 Å². The molecule has 0 atom stereocenters. The molecule has 6 aromatic carbocycles. The van der Waals surface area contributed by atoms with Crippen LogP contribution in [0.1, 0.15) is 0 Å². The maximum absolute atomic E-state index is 4.37. The highest BCUT2D eigenvalue weighted by Gasteiger charge is 2.31. The summed E-state index contributed by atoms with van der Waals surface area (Å²) in [5.41, 5.74) is 12.6. The van der Waals surface area contributed by atoms with Crippen molar-refractivity contribution in [3.63, 3.8) is 0 Å². The number of rotatable bonds is 3. The third kappa shape index (κ3) is 3.44. The van der Waals surface area contributed by atoms with Gasteiger partial charge in [0.15, 0.2) is 0 Å². The predicted octanol–water partition coefficient (Wildman–Crippen LogP) is 11.8. The Balaban J connectivity index is 1.37. The predicted molar refractivity (Wildman–Crippen MR) is 191 cm³/mol. The minimum absolute atomic E-state index is 1.18. The van der Waals surface area contributed by atoms with Crippen LogP contribution in [0.5, 0.6) is 0 Å². The highest BCUT2D eigenvalue weighted by atomic mass is 32.1. The van der Waals surface area contributed by atoms with Gasteiger partial charge in [-0.2, -0.15) is 0 Å². The summed E-state index contributed by atoms with van der Waals surface area (Å²) in [6.07, 6.45) is 7.61. The summed E-state index contributed by atoms with van der Waals surface area (Å²) in [5, 5.41) is 11.2. The van der Waals surface area contributed by atoms with E-state index in [4.69, 9.17) is 0 Å². The SMILES string of the molecule is c1ccc2c(c1)cc(-c1ccc3c4c(cccc14)-c1c-3c(-c3ccncc3)c3ccccc3c1-c1ccncc1)c1sccc12. The largest absolute Gasteiger partial charge is 0.265 e. The lowest BCUT2D eigenvalue weighted by Gasteiger charge is -2.20. The van der Waals surface area contributed by atoms with Crippen molar-refractivity contribution in [3.8, 4) is 55.6 Å². The second kappa shape index (κ2) is 9.43. The Labute approximate surface area is 263 Å². The number of thiophene rings is 1. The molecule has 1 aliphatic rings. The topological polar surface area (TPSA) is 25.8 Å². The maximum Gasteiger partial charge on any atom is 0.0427 e. The smallest absolute Gasteiger partial charge is 0.0427 e. The summed E-state index contributed by atoms with van der Waals surface area (Å²) >= 11 is 1.83. The third-order valence-electron chi connectivity index (χ3n) is 9.48. The Morgan fingerprint density at radius 3 is 1.67 bits per heavy atom. The molecule has 3 aromatic heterocycles. The first kappa shape index (κ1) is 24.8. The van der Waals surface area contributed by atoms with Crippen molar-refractivity contribution in [1.82, 2.24) is 9.97 Å². The van der Waals surface area contributed by atoms with Gasteiger partial charge in [0.25, 0.3) is 0 Å². The van der Waals surface area contributed by atoms with Crippen LogP contribution in [0.2, 0.25) is 0 Å². The standard InChI is InChI=1S/C42H24N2S/c1-2-7-28-27(6-1)24-36(42-33(28)18-23-45-42)29-12-13-35-39-30(29)10-5-11-34(39)40-37(25-14-19-43-20-15-25)31-8-3-4-9-32(31)38(41(35)40)26-16-21-44-22-17-26/h1-24H. The second-order valence-electron chi connectivity index (χ2n) is 11.7. The molecular formula is C42H24N2S. The van der Waals surface area contributed by atoms with Crippen LogP contribution in [-0.4, -0.2) is 9.97 Å². The monoisotopic (exact) mass is 588 g/mol. The highest BCUT2D eigenvalue weighted by Crippen LogP contribution is 2.58. The molecule has 2 nitrogen and oxygen atoms in total. The summed E-state index contributed by atoms with van der Waals surface area (Å²) in [6, 6.07) is 42.4. The van der Waals surface area contributed by atoms with Crippen LogP contribution in [0.3, 0.4) is 0 Å². The van der Waals surface area contributed by atoms with Crippen LogP contribution >= 0.6 is 11.3 Å². The van der Waals surface area contributed by atoms with Gasteiger partial charge < -0.3 is 0 Å². The molecule has 0 amide bonds. The van der Waals surface area contributed by atoms with E-state index in [-0.39, 0.29) is 0 Å². The van der Waals surface area contributed by atoms with Gasteiger partial charge >= 0.3 is 0 Å². The Bertz CT molecular complexity index is 2540. The Morgan fingerprint density at radius 1 is 0.400 bits per heavy atom. The number of fused-ring (bicyclic) bond motifs is 7. The lowest BCUT2D eigenvalue weighted by atomic mass is 9.83. The lowest BCUT2D eigenvalue weighted by molar-refractivity contribution is 1.33. The van der Waals surface area contributed by atoms with Crippen LogP contribution in [0.4, 0.5) is 0 Å². The number of hydrogen-bond donors (Lipinski definition) is 0. The van der Waals surface area contributed by atoms with Gasteiger partial charge in [-0.05, 0) is 124 Å². The molecule has 10 rings (SSSR count). The molecule has 0 unspecified atom stereocenters. The quantitative estimate of drug-likeness (QED) is 0.205. The van der Waals surface area contributed by atoms with E-state index >= 15 is 0 Å². The lowest BCUT2D eigenvalue weighted by Crippen LogP contribution is -1.93. The molecule has 0 bridgehead atoms. The molecule has 0 aliphatic heterocycles. The highest BCUT2D eigenvalue weighted by molar-refractivity contribution is 7.18. The molecule has 3 heterocycles. The van der Waals surface area contributed by atoms with Gasteiger partial charge in [0.05, 0.1) is 0 Å². The first-order valence-electron chi connectivity index (χ1n) is 15.2. The van der Waals surface area contributed by atoms with Crippen LogP contribution in [-0.2, 0) is 0 Å². The molecule has 208 valence electrons. The molecule has 45 heavy (non-hydrogen) atoms. The van der Waals surface area contributed by atoms with Crippen LogP contribution in [0, 0.1) is 0 Å². The Kier molecular flexibility index (Phi) is 5.19. The summed E-state index contributed by atoms with van der Waals surface area (Å²) in [4.78, 5) is 8.74. The van der Waals surface area contributed by atoms with Crippen molar-refractivity contribution in [3.05, 3.63) is 145 Å². The summed E-state index contributed by atoms with van der Waals surface area (Å²) < 4.78 is 1.34. The van der Waals surface area contributed by atoms with E-state index in [9.17, 15) is 0 Å². The van der Waals surface area contributed by atoms with E-state index in [0.29, 0.717) is 0 Å². The molecule has 0 saturated heterocycles. The van der Waals surface area contributed by atoms with E-state index in [1.807, 2.05) is 36.1 Å². The summed E-state index contributed by atoms with van der Waals surface area (Å²) in [7, 11) is 0. The average molecular weight is 589 g/mol. The van der Waals surface area contributed by atoms with Gasteiger partial charge in [-0.25, -0.2) is 0 Å². The van der Waals surface area contributed by atoms with E-state index in [0.717, 1.165) is 0 Å². The number of hydrogen-bond acceptors (Lipinski definition) is 3. The zero-order valence-electron chi connectivity index (χ0n) is 24.2. The molecule has 0 N–H and O–H groups in total. The van der Waals surface area contributed by atoms with Crippen molar-refractivity contribution >= 4 is 53.7 Å². The minimum atomic E-state index is 1.18. The van der Waals surface area contributed by atoms with E-state index in [1.165, 1.54) is 98.0 Å². The van der Waals surface area contributed by atoms with Crippen molar-refractivity contribution in [2.45, 2.75) is 0 Å². The fraction of sp³-hybridized carbons (Fsp3) is 0. The first-order chi connectivity index (χ1) is 22.4. The fourth-order valence-corrected chi connectivity index (χ4v) is 8.63. The molecule has 0 fully saturated rings. The zero-order valence-corrected chi connectivity index (χ0v) is 25.0. The zero-order chi connectivity index (χ0) is 29.5. The number of aromatic nitrogens is 2. The molecule has 1 aliphatic carbocycles. The first-order valence-corrected chi connectivity index (χ1v) is 16.1. The molecule has 9 aromatic rings. The van der Waals surface area contributed by atoms with Crippen molar-refractivity contribution in [2.24, 2.45) is 0 Å². The van der Waals surface area contributed by atoms with E-state index < -0.39 is 0 Å². The van der Waals surface area contributed by atoms with Crippen molar-refractivity contribution in [2.75, 3.05) is 0 Å². The molecule has 0 saturated carbocycles. The van der Waals surface area contributed by atoms with Gasteiger partial charge in [-0.1, -0.05) is 78.9 Å². The Morgan fingerprint density at radius 2 is 0.978 bits per heavy atom. The van der Waals surface area contributed by atoms with Crippen molar-refractivity contribution in [1.29, 1.82) is 0 Å². The van der Waals surface area contributed by atoms with E-state index in [1.54, 1.807) is 0 Å². The molecule has 0 spiro atoms. The van der Waals surface area contributed by atoms with Gasteiger partial charge in [0.2, 0.25) is 0 Å². The van der Waals surface area contributed by atoms with Crippen molar-refractivity contribution < 1.29 is 0 Å². The van der Waals surface area contributed by atoms with E-state index in [2.05, 4.69) is 131 Å². The number of nitrogens with zero attached hydrogens (tertiary/aromatic N) is 2. The third-order valence-corrected chi connectivity index (χ3v) is 10.4. The molecular weight excluding hydrogens is 565 g/mol. The minimum Gasteiger partial charge on any atom is -0.265 e. The average Bonchev–Trinajstić information content (AvgIpc) is 3.73. The molecule has 0 radical (unpaired) electrons. The van der Waals surface area contributed by atoms with Gasteiger partial charge in [0.1, 0.15) is 0 Å². The van der Waals surface area contributed by atoms with Gasteiger partial charge in [-0.3, -0.25) is 9.97 Å². The maximum atomic E-state index is 4.37. The number of benzene rings is 6. The van der Waals surface area contributed by atoms with Crippen LogP contribution in [0.25, 0.3) is 98.0 Å². The fourth-order valence-electron chi connectivity index (χ4n) is 7.69. The normalized spacial score (nSPS) is 12.0. The van der Waals surface area contributed by atoms with Gasteiger partial charge in [0, 0.05) is 40.4 Å².